The summed E-state index contributed by atoms with van der Waals surface area (Å²) in [4.78, 5) is 13.9. The molecule has 2 aromatic carbocycles. The van der Waals surface area contributed by atoms with Gasteiger partial charge in [-0.15, -0.1) is 11.3 Å². The van der Waals surface area contributed by atoms with Crippen molar-refractivity contribution in [3.05, 3.63) is 83.0 Å². The fourth-order valence-electron chi connectivity index (χ4n) is 3.28. The highest BCUT2D eigenvalue weighted by molar-refractivity contribution is 7.18. The van der Waals surface area contributed by atoms with Crippen LogP contribution in [0.25, 0.3) is 26.7 Å². The van der Waals surface area contributed by atoms with Crippen molar-refractivity contribution in [1.82, 2.24) is 9.78 Å². The molecule has 0 spiro atoms. The fraction of sp³-hybridized carbons (Fsp3) is 0.200. The maximum Gasteiger partial charge on any atom is 0.338 e. The van der Waals surface area contributed by atoms with Crippen LogP contribution < -0.4 is 0 Å². The van der Waals surface area contributed by atoms with Crippen molar-refractivity contribution in [2.45, 2.75) is 26.4 Å². The normalized spacial score (nSPS) is 11.5. The van der Waals surface area contributed by atoms with Gasteiger partial charge in [-0.3, -0.25) is 0 Å². The predicted molar refractivity (Wildman–Crippen MR) is 129 cm³/mol. The minimum Gasteiger partial charge on any atom is -0.462 e. The summed E-state index contributed by atoms with van der Waals surface area (Å²) in [6, 6.07) is 20.8. The maximum absolute atomic E-state index is 11.9. The lowest BCUT2D eigenvalue weighted by Gasteiger charge is -2.13. The van der Waals surface area contributed by atoms with Crippen LogP contribution in [-0.2, 0) is 10.3 Å². The zero-order chi connectivity index (χ0) is 22.9. The Morgan fingerprint density at radius 2 is 1.78 bits per heavy atom. The SMILES string of the molecule is CCOC(=O)c1ccc(-c2ccc(-c3cc(C(C)(C)O)nn3-c3ccccc3Cl)s2)cc1. The van der Waals surface area contributed by atoms with E-state index in [0.29, 0.717) is 22.9 Å². The molecule has 7 heteroatoms. The zero-order valence-electron chi connectivity index (χ0n) is 18.0. The first-order valence-corrected chi connectivity index (χ1v) is 11.4. The number of aromatic nitrogens is 2. The number of hydrogen-bond donors (Lipinski definition) is 1. The Bertz CT molecular complexity index is 1250. The molecule has 164 valence electrons. The highest BCUT2D eigenvalue weighted by Crippen LogP contribution is 2.38. The monoisotopic (exact) mass is 466 g/mol. The molecular formula is C25H23ClN2O3S. The molecule has 5 nitrogen and oxygen atoms in total. The average Bonchev–Trinajstić information content (AvgIpc) is 3.42. The molecule has 0 saturated heterocycles. The van der Waals surface area contributed by atoms with E-state index in [1.807, 2.05) is 54.6 Å². The molecule has 0 aliphatic rings. The van der Waals surface area contributed by atoms with Gasteiger partial charge < -0.3 is 9.84 Å². The predicted octanol–water partition coefficient (Wildman–Crippen LogP) is 6.33. The molecule has 4 aromatic rings. The second-order valence-electron chi connectivity index (χ2n) is 7.80. The van der Waals surface area contributed by atoms with Crippen molar-refractivity contribution < 1.29 is 14.6 Å². The zero-order valence-corrected chi connectivity index (χ0v) is 19.6. The van der Waals surface area contributed by atoms with E-state index in [9.17, 15) is 9.90 Å². The maximum atomic E-state index is 11.9. The minimum absolute atomic E-state index is 0.325. The van der Waals surface area contributed by atoms with Crippen molar-refractivity contribution in [3.63, 3.8) is 0 Å². The Kier molecular flexibility index (Phi) is 6.20. The molecule has 0 aliphatic carbocycles. The van der Waals surface area contributed by atoms with E-state index in [1.165, 1.54) is 0 Å². The first-order chi connectivity index (χ1) is 15.3. The van der Waals surface area contributed by atoms with Gasteiger partial charge in [0.25, 0.3) is 0 Å². The number of rotatable bonds is 6. The number of aliphatic hydroxyl groups is 1. The number of halogens is 1. The van der Waals surface area contributed by atoms with Gasteiger partial charge in [-0.25, -0.2) is 9.48 Å². The largest absolute Gasteiger partial charge is 0.462 e. The van der Waals surface area contributed by atoms with Gasteiger partial charge in [0.1, 0.15) is 5.60 Å². The molecule has 4 rings (SSSR count). The van der Waals surface area contributed by atoms with Crippen LogP contribution in [-0.4, -0.2) is 27.5 Å². The van der Waals surface area contributed by atoms with E-state index in [-0.39, 0.29) is 5.97 Å². The number of esters is 1. The Morgan fingerprint density at radius 1 is 1.09 bits per heavy atom. The van der Waals surface area contributed by atoms with Gasteiger partial charge in [-0.1, -0.05) is 35.9 Å². The summed E-state index contributed by atoms with van der Waals surface area (Å²) < 4.78 is 6.83. The molecule has 0 aliphatic heterocycles. The quantitative estimate of drug-likeness (QED) is 0.337. The average molecular weight is 467 g/mol. The lowest BCUT2D eigenvalue weighted by atomic mass is 10.1. The van der Waals surface area contributed by atoms with Crippen LogP contribution in [0.5, 0.6) is 0 Å². The van der Waals surface area contributed by atoms with Gasteiger partial charge >= 0.3 is 5.97 Å². The topological polar surface area (TPSA) is 64.3 Å². The second-order valence-corrected chi connectivity index (χ2v) is 9.29. The first-order valence-electron chi connectivity index (χ1n) is 10.2. The van der Waals surface area contributed by atoms with E-state index in [4.69, 9.17) is 16.3 Å². The van der Waals surface area contributed by atoms with Crippen molar-refractivity contribution in [2.24, 2.45) is 0 Å². The van der Waals surface area contributed by atoms with Crippen LogP contribution in [0.15, 0.2) is 66.7 Å². The third-order valence-corrected chi connectivity index (χ3v) is 6.43. The van der Waals surface area contributed by atoms with Crippen LogP contribution in [0, 0.1) is 0 Å². The molecule has 0 saturated carbocycles. The Labute approximate surface area is 195 Å². The highest BCUT2D eigenvalue weighted by Gasteiger charge is 2.24. The van der Waals surface area contributed by atoms with Crippen LogP contribution in [0.1, 0.15) is 36.8 Å². The molecule has 0 amide bonds. The van der Waals surface area contributed by atoms with Gasteiger partial charge in [0.2, 0.25) is 0 Å². The molecule has 2 aromatic heterocycles. The van der Waals surface area contributed by atoms with E-state index in [1.54, 1.807) is 48.9 Å². The summed E-state index contributed by atoms with van der Waals surface area (Å²) in [5.74, 6) is -0.325. The standard InChI is InChI=1S/C25H23ClN2O3S/c1-4-31-24(29)17-11-9-16(10-12-17)21-13-14-22(32-21)20-15-23(25(2,3)30)27-28(20)19-8-6-5-7-18(19)26/h5-15,30H,4H2,1-3H3. The lowest BCUT2D eigenvalue weighted by molar-refractivity contribution is 0.0526. The number of hydrogen-bond acceptors (Lipinski definition) is 5. The highest BCUT2D eigenvalue weighted by atomic mass is 35.5. The van der Waals surface area contributed by atoms with Gasteiger partial charge in [-0.2, -0.15) is 5.10 Å². The second kappa shape index (κ2) is 8.90. The minimum atomic E-state index is -1.09. The summed E-state index contributed by atoms with van der Waals surface area (Å²) in [5.41, 5.74) is 2.58. The molecule has 0 radical (unpaired) electrons. The fourth-order valence-corrected chi connectivity index (χ4v) is 4.51. The van der Waals surface area contributed by atoms with Crippen LogP contribution in [0.4, 0.5) is 0 Å². The molecule has 32 heavy (non-hydrogen) atoms. The summed E-state index contributed by atoms with van der Waals surface area (Å²) in [5, 5.41) is 15.8. The van der Waals surface area contributed by atoms with Crippen molar-refractivity contribution in [1.29, 1.82) is 0 Å². The number of nitrogens with zero attached hydrogens (tertiary/aromatic N) is 2. The summed E-state index contributed by atoms with van der Waals surface area (Å²) in [6.07, 6.45) is 0. The van der Waals surface area contributed by atoms with Crippen molar-refractivity contribution >= 4 is 28.9 Å². The summed E-state index contributed by atoms with van der Waals surface area (Å²) in [7, 11) is 0. The molecule has 0 atom stereocenters. The van der Waals surface area contributed by atoms with Crippen LogP contribution >= 0.6 is 22.9 Å². The van der Waals surface area contributed by atoms with Gasteiger partial charge in [0, 0.05) is 4.88 Å². The Morgan fingerprint density at radius 3 is 2.44 bits per heavy atom. The number of carbonyl (C=O) groups excluding carboxylic acids is 1. The van der Waals surface area contributed by atoms with Crippen molar-refractivity contribution in [3.8, 4) is 26.7 Å². The number of carbonyl (C=O) groups is 1. The van der Waals surface area contributed by atoms with E-state index in [0.717, 1.165) is 26.7 Å². The molecular weight excluding hydrogens is 444 g/mol. The van der Waals surface area contributed by atoms with E-state index in [2.05, 4.69) is 5.10 Å². The van der Waals surface area contributed by atoms with Crippen LogP contribution in [0.2, 0.25) is 5.02 Å². The molecule has 0 bridgehead atoms. The smallest absolute Gasteiger partial charge is 0.338 e. The van der Waals surface area contributed by atoms with Gasteiger partial charge in [0.15, 0.2) is 0 Å². The van der Waals surface area contributed by atoms with Gasteiger partial charge in [-0.05, 0) is 68.8 Å². The van der Waals surface area contributed by atoms with Crippen LogP contribution in [0.3, 0.4) is 0 Å². The third-order valence-electron chi connectivity index (χ3n) is 4.96. The number of benzene rings is 2. The Balaban J connectivity index is 1.73. The van der Waals surface area contributed by atoms with Crippen molar-refractivity contribution in [2.75, 3.05) is 6.61 Å². The van der Waals surface area contributed by atoms with E-state index >= 15 is 0 Å². The summed E-state index contributed by atoms with van der Waals surface area (Å²) in [6.45, 7) is 5.55. The number of ether oxygens (including phenoxy) is 1. The molecule has 1 N–H and O–H groups in total. The Hall–Kier alpha value is -2.93. The van der Waals surface area contributed by atoms with E-state index < -0.39 is 5.60 Å². The number of para-hydroxylation sites is 1. The number of thiophene rings is 1. The first kappa shape index (κ1) is 22.3. The van der Waals surface area contributed by atoms with Gasteiger partial charge in [0.05, 0.1) is 39.1 Å². The summed E-state index contributed by atoms with van der Waals surface area (Å²) >= 11 is 8.05. The molecule has 0 unspecified atom stereocenters. The third kappa shape index (κ3) is 4.48. The molecule has 0 fully saturated rings. The molecule has 2 heterocycles. The lowest BCUT2D eigenvalue weighted by Crippen LogP contribution is -2.16.